The molecular formula is C16H10F6N6. The summed E-state index contributed by atoms with van der Waals surface area (Å²) in [5.74, 6) is -0.177. The van der Waals surface area contributed by atoms with Crippen molar-refractivity contribution >= 4 is 11.6 Å². The average molecular weight is 400 g/mol. The lowest BCUT2D eigenvalue weighted by atomic mass is 10.3. The molecule has 0 spiro atoms. The second-order valence-electron chi connectivity index (χ2n) is 5.49. The Kier molecular flexibility index (Phi) is 4.87. The Morgan fingerprint density at radius 1 is 0.821 bits per heavy atom. The van der Waals surface area contributed by atoms with E-state index in [4.69, 9.17) is 0 Å². The van der Waals surface area contributed by atoms with E-state index in [9.17, 15) is 26.3 Å². The second kappa shape index (κ2) is 7.02. The molecule has 3 heterocycles. The van der Waals surface area contributed by atoms with Gasteiger partial charge in [-0.2, -0.15) is 36.3 Å². The highest BCUT2D eigenvalue weighted by atomic mass is 19.4. The summed E-state index contributed by atoms with van der Waals surface area (Å²) in [7, 11) is 0. The Balaban J connectivity index is 1.95. The standard InChI is InChI=1S/C16H10F6N6/c1-8-24-13(10-3-2-4-11(27-10)15(17,18)19)28-14(25-8)26-9-5-6-23-12(7-9)16(20,21)22/h2-7H,1H3,(H,23,24,25,26,28). The zero-order valence-corrected chi connectivity index (χ0v) is 14.0. The number of nitrogens with zero attached hydrogens (tertiary/aromatic N) is 5. The molecule has 0 aliphatic carbocycles. The summed E-state index contributed by atoms with van der Waals surface area (Å²) in [5.41, 5.74) is -2.41. The first kappa shape index (κ1) is 19.5. The van der Waals surface area contributed by atoms with Gasteiger partial charge in [0.15, 0.2) is 5.82 Å². The Morgan fingerprint density at radius 2 is 1.54 bits per heavy atom. The van der Waals surface area contributed by atoms with Crippen LogP contribution in [0.15, 0.2) is 36.5 Å². The molecule has 3 rings (SSSR count). The fourth-order valence-electron chi connectivity index (χ4n) is 2.16. The number of nitrogens with one attached hydrogen (secondary N) is 1. The van der Waals surface area contributed by atoms with E-state index < -0.39 is 23.7 Å². The molecule has 0 saturated carbocycles. The van der Waals surface area contributed by atoms with E-state index in [1.807, 2.05) is 0 Å². The first-order chi connectivity index (χ1) is 13.0. The summed E-state index contributed by atoms with van der Waals surface area (Å²) in [6.07, 6.45) is -8.33. The molecule has 0 aliphatic rings. The predicted molar refractivity (Wildman–Crippen MR) is 85.3 cm³/mol. The fourth-order valence-corrected chi connectivity index (χ4v) is 2.16. The first-order valence-corrected chi connectivity index (χ1v) is 7.60. The van der Waals surface area contributed by atoms with E-state index in [-0.39, 0.29) is 29.0 Å². The van der Waals surface area contributed by atoms with E-state index in [0.29, 0.717) is 0 Å². The molecule has 28 heavy (non-hydrogen) atoms. The SMILES string of the molecule is Cc1nc(Nc2ccnc(C(F)(F)F)c2)nc(-c2cccc(C(F)(F)F)n2)n1. The van der Waals surface area contributed by atoms with Gasteiger partial charge >= 0.3 is 12.4 Å². The van der Waals surface area contributed by atoms with Gasteiger partial charge in [-0.1, -0.05) is 6.07 Å². The van der Waals surface area contributed by atoms with E-state index in [1.54, 1.807) is 0 Å². The lowest BCUT2D eigenvalue weighted by molar-refractivity contribution is -0.141. The molecule has 0 atom stereocenters. The summed E-state index contributed by atoms with van der Waals surface area (Å²) in [6.45, 7) is 1.46. The van der Waals surface area contributed by atoms with Gasteiger partial charge in [-0.3, -0.25) is 4.98 Å². The van der Waals surface area contributed by atoms with Gasteiger partial charge in [-0.05, 0) is 31.2 Å². The van der Waals surface area contributed by atoms with Crippen LogP contribution in [0.2, 0.25) is 0 Å². The van der Waals surface area contributed by atoms with Crippen molar-refractivity contribution in [1.82, 2.24) is 24.9 Å². The number of halogens is 6. The van der Waals surface area contributed by atoms with Crippen LogP contribution in [-0.4, -0.2) is 24.9 Å². The Labute approximate surface area is 153 Å². The lowest BCUT2D eigenvalue weighted by Crippen LogP contribution is -2.10. The summed E-state index contributed by atoms with van der Waals surface area (Å²) in [5, 5.41) is 2.56. The number of anilines is 2. The Hall–Kier alpha value is -3.31. The van der Waals surface area contributed by atoms with Crippen LogP contribution in [0, 0.1) is 6.92 Å². The molecule has 0 unspecified atom stereocenters. The molecule has 12 heteroatoms. The molecule has 0 aliphatic heterocycles. The van der Waals surface area contributed by atoms with Crippen LogP contribution in [0.25, 0.3) is 11.5 Å². The van der Waals surface area contributed by atoms with Crippen LogP contribution < -0.4 is 5.32 Å². The average Bonchev–Trinajstić information content (AvgIpc) is 2.60. The molecule has 0 amide bonds. The van der Waals surface area contributed by atoms with Crippen LogP contribution in [0.5, 0.6) is 0 Å². The molecule has 1 N–H and O–H groups in total. The van der Waals surface area contributed by atoms with E-state index in [1.165, 1.54) is 19.1 Å². The van der Waals surface area contributed by atoms with E-state index in [2.05, 4.69) is 30.2 Å². The molecule has 3 aromatic rings. The van der Waals surface area contributed by atoms with Crippen LogP contribution in [-0.2, 0) is 12.4 Å². The van der Waals surface area contributed by atoms with Gasteiger partial charge in [0.2, 0.25) is 5.95 Å². The van der Waals surface area contributed by atoms with Crippen molar-refractivity contribution < 1.29 is 26.3 Å². The predicted octanol–water partition coefficient (Wildman–Crippen LogP) is 4.42. The number of rotatable bonds is 3. The van der Waals surface area contributed by atoms with Gasteiger partial charge in [0.25, 0.3) is 0 Å². The fraction of sp³-hybridized carbons (Fsp3) is 0.188. The summed E-state index contributed by atoms with van der Waals surface area (Å²) < 4.78 is 76.8. The normalized spacial score (nSPS) is 12.1. The third-order valence-corrected chi connectivity index (χ3v) is 3.32. The summed E-state index contributed by atoms with van der Waals surface area (Å²) in [4.78, 5) is 18.5. The van der Waals surface area contributed by atoms with E-state index in [0.717, 1.165) is 24.4 Å². The smallest absolute Gasteiger partial charge is 0.324 e. The third-order valence-electron chi connectivity index (χ3n) is 3.32. The first-order valence-electron chi connectivity index (χ1n) is 7.60. The molecule has 6 nitrogen and oxygen atoms in total. The second-order valence-corrected chi connectivity index (χ2v) is 5.49. The van der Waals surface area contributed by atoms with Crippen molar-refractivity contribution in [2.75, 3.05) is 5.32 Å². The van der Waals surface area contributed by atoms with Crippen LogP contribution in [0.4, 0.5) is 38.0 Å². The summed E-state index contributed by atoms with van der Waals surface area (Å²) in [6, 6.07) is 5.24. The van der Waals surface area contributed by atoms with Crippen molar-refractivity contribution in [2.45, 2.75) is 19.3 Å². The Bertz CT molecular complexity index is 1000. The third kappa shape index (κ3) is 4.50. The largest absolute Gasteiger partial charge is 0.433 e. The van der Waals surface area contributed by atoms with E-state index >= 15 is 0 Å². The molecule has 0 fully saturated rings. The van der Waals surface area contributed by atoms with Crippen molar-refractivity contribution in [1.29, 1.82) is 0 Å². The zero-order valence-electron chi connectivity index (χ0n) is 14.0. The van der Waals surface area contributed by atoms with Gasteiger partial charge < -0.3 is 5.32 Å². The lowest BCUT2D eigenvalue weighted by Gasteiger charge is -2.10. The minimum atomic E-state index is -4.65. The van der Waals surface area contributed by atoms with Crippen molar-refractivity contribution in [2.24, 2.45) is 0 Å². The highest BCUT2D eigenvalue weighted by Gasteiger charge is 2.33. The number of aromatic nitrogens is 5. The maximum Gasteiger partial charge on any atom is 0.433 e. The maximum absolute atomic E-state index is 12.8. The van der Waals surface area contributed by atoms with Crippen molar-refractivity contribution in [3.63, 3.8) is 0 Å². The van der Waals surface area contributed by atoms with Gasteiger partial charge in [0, 0.05) is 11.9 Å². The minimum absolute atomic E-state index is 0.00382. The van der Waals surface area contributed by atoms with Crippen LogP contribution in [0.1, 0.15) is 17.2 Å². The van der Waals surface area contributed by atoms with Crippen LogP contribution in [0.3, 0.4) is 0 Å². The molecule has 146 valence electrons. The summed E-state index contributed by atoms with van der Waals surface area (Å²) >= 11 is 0. The molecule has 0 saturated heterocycles. The molecule has 0 bridgehead atoms. The quantitative estimate of drug-likeness (QED) is 0.656. The van der Waals surface area contributed by atoms with Gasteiger partial charge in [0.05, 0.1) is 0 Å². The topological polar surface area (TPSA) is 76.5 Å². The maximum atomic E-state index is 12.8. The number of hydrogen-bond acceptors (Lipinski definition) is 6. The number of alkyl halides is 6. The molecular weight excluding hydrogens is 390 g/mol. The van der Waals surface area contributed by atoms with Crippen molar-refractivity contribution in [3.8, 4) is 11.5 Å². The van der Waals surface area contributed by atoms with Crippen LogP contribution >= 0.6 is 0 Å². The van der Waals surface area contributed by atoms with Gasteiger partial charge in [0.1, 0.15) is 22.9 Å². The number of aryl methyl sites for hydroxylation is 1. The van der Waals surface area contributed by atoms with Crippen molar-refractivity contribution in [3.05, 3.63) is 53.7 Å². The minimum Gasteiger partial charge on any atom is -0.324 e. The molecule has 0 aromatic carbocycles. The number of hydrogen-bond donors (Lipinski definition) is 1. The molecule has 0 radical (unpaired) electrons. The highest BCUT2D eigenvalue weighted by molar-refractivity contribution is 5.57. The van der Waals surface area contributed by atoms with Gasteiger partial charge in [-0.25, -0.2) is 9.97 Å². The number of pyridine rings is 2. The zero-order chi connectivity index (χ0) is 20.5. The Morgan fingerprint density at radius 3 is 2.21 bits per heavy atom. The monoisotopic (exact) mass is 400 g/mol. The molecule has 3 aromatic heterocycles. The highest BCUT2D eigenvalue weighted by Crippen LogP contribution is 2.30. The van der Waals surface area contributed by atoms with Gasteiger partial charge in [-0.15, -0.1) is 0 Å².